The number of amides is 3. The van der Waals surface area contributed by atoms with Gasteiger partial charge in [-0.1, -0.05) is 6.07 Å². The molecule has 118 valence electrons. The number of nitrogens with zero attached hydrogens (tertiary/aromatic N) is 2. The van der Waals surface area contributed by atoms with Gasteiger partial charge in [-0.3, -0.25) is 19.3 Å². The number of hydrogen-bond donors (Lipinski definition) is 1. The van der Waals surface area contributed by atoms with Gasteiger partial charge in [0.15, 0.2) is 5.13 Å². The predicted octanol–water partition coefficient (Wildman–Crippen LogP) is 3.19. The zero-order chi connectivity index (χ0) is 16.4. The number of rotatable bonds is 4. The van der Waals surface area contributed by atoms with Gasteiger partial charge in [0.05, 0.1) is 4.91 Å². The summed E-state index contributed by atoms with van der Waals surface area (Å²) in [7, 11) is 0. The van der Waals surface area contributed by atoms with Crippen molar-refractivity contribution in [3.8, 4) is 0 Å². The Kier molecular flexibility index (Phi) is 4.60. The van der Waals surface area contributed by atoms with Gasteiger partial charge in [0, 0.05) is 16.0 Å². The molecule has 0 atom stereocenters. The summed E-state index contributed by atoms with van der Waals surface area (Å²) in [6.45, 7) is 1.56. The molecule has 1 aliphatic rings. The molecule has 1 fully saturated rings. The third-order valence-corrected chi connectivity index (χ3v) is 5.41. The normalized spacial score (nSPS) is 16.4. The van der Waals surface area contributed by atoms with Crippen LogP contribution in [0.4, 0.5) is 9.93 Å². The van der Waals surface area contributed by atoms with Gasteiger partial charge in [-0.25, -0.2) is 4.98 Å². The van der Waals surface area contributed by atoms with E-state index in [1.165, 1.54) is 22.7 Å². The van der Waals surface area contributed by atoms with E-state index in [1.54, 1.807) is 12.3 Å². The van der Waals surface area contributed by atoms with Crippen molar-refractivity contribution in [2.45, 2.75) is 6.92 Å². The summed E-state index contributed by atoms with van der Waals surface area (Å²) in [5, 5.41) is 4.49. The Labute approximate surface area is 144 Å². The lowest BCUT2D eigenvalue weighted by molar-refractivity contribution is -0.127. The van der Waals surface area contributed by atoms with Gasteiger partial charge in [-0.15, -0.1) is 22.7 Å². The SMILES string of the molecule is Cc1cnc(NC(=O)CN2C(=O)S/C(=C\c3cccs3)C2=O)s1. The quantitative estimate of drug-likeness (QED) is 0.842. The summed E-state index contributed by atoms with van der Waals surface area (Å²) in [5.74, 6) is -0.891. The second-order valence-electron chi connectivity index (χ2n) is 4.61. The largest absolute Gasteiger partial charge is 0.300 e. The van der Waals surface area contributed by atoms with Gasteiger partial charge in [-0.05, 0) is 36.2 Å². The Morgan fingerprint density at radius 3 is 2.91 bits per heavy atom. The van der Waals surface area contributed by atoms with E-state index in [-0.39, 0.29) is 6.54 Å². The Bertz CT molecular complexity index is 795. The summed E-state index contributed by atoms with van der Waals surface area (Å²) >= 11 is 3.65. The number of aromatic nitrogens is 1. The highest BCUT2D eigenvalue weighted by Crippen LogP contribution is 2.32. The number of aryl methyl sites for hydroxylation is 1. The molecule has 0 bridgehead atoms. The molecule has 0 aromatic carbocycles. The molecule has 0 saturated carbocycles. The molecule has 2 aromatic rings. The van der Waals surface area contributed by atoms with Crippen molar-refractivity contribution in [1.29, 1.82) is 0 Å². The van der Waals surface area contributed by atoms with Crippen LogP contribution in [-0.4, -0.2) is 33.5 Å². The number of thiazole rings is 1. The summed E-state index contributed by atoms with van der Waals surface area (Å²) in [6.07, 6.45) is 3.31. The lowest BCUT2D eigenvalue weighted by atomic mass is 10.3. The number of hydrogen-bond acceptors (Lipinski definition) is 7. The van der Waals surface area contributed by atoms with Crippen molar-refractivity contribution >= 4 is 62.7 Å². The van der Waals surface area contributed by atoms with E-state index in [9.17, 15) is 14.4 Å². The standard InChI is InChI=1S/C14H11N3O3S3/c1-8-6-15-13(22-8)16-11(18)7-17-12(19)10(23-14(17)20)5-9-3-2-4-21-9/h2-6H,7H2,1H3,(H,15,16,18)/b10-5-. The number of carbonyl (C=O) groups excluding carboxylic acids is 3. The van der Waals surface area contributed by atoms with Crippen LogP contribution < -0.4 is 5.32 Å². The monoisotopic (exact) mass is 365 g/mol. The van der Waals surface area contributed by atoms with Crippen molar-refractivity contribution in [2.75, 3.05) is 11.9 Å². The van der Waals surface area contributed by atoms with Gasteiger partial charge in [-0.2, -0.15) is 0 Å². The average Bonchev–Trinajstić information content (AvgIpc) is 3.19. The number of anilines is 1. The maximum absolute atomic E-state index is 12.3. The van der Waals surface area contributed by atoms with Gasteiger partial charge >= 0.3 is 0 Å². The third-order valence-electron chi connectivity index (χ3n) is 2.86. The number of thiophene rings is 1. The minimum Gasteiger partial charge on any atom is -0.300 e. The van der Waals surface area contributed by atoms with Crippen molar-refractivity contribution in [2.24, 2.45) is 0 Å². The van der Waals surface area contributed by atoms with E-state index in [1.807, 2.05) is 24.4 Å². The summed E-state index contributed by atoms with van der Waals surface area (Å²) in [6, 6.07) is 3.72. The van der Waals surface area contributed by atoms with Crippen LogP contribution in [0.25, 0.3) is 6.08 Å². The molecule has 3 amide bonds. The molecular formula is C14H11N3O3S3. The minimum atomic E-state index is -0.445. The summed E-state index contributed by atoms with van der Waals surface area (Å²) < 4.78 is 0. The van der Waals surface area contributed by atoms with Gasteiger partial charge < -0.3 is 5.32 Å². The molecule has 6 nitrogen and oxygen atoms in total. The smallest absolute Gasteiger partial charge is 0.294 e. The Morgan fingerprint density at radius 2 is 2.26 bits per heavy atom. The van der Waals surface area contributed by atoms with Gasteiger partial charge in [0.25, 0.3) is 11.1 Å². The predicted molar refractivity (Wildman–Crippen MR) is 92.5 cm³/mol. The maximum Gasteiger partial charge on any atom is 0.294 e. The second kappa shape index (κ2) is 6.65. The van der Waals surface area contributed by atoms with E-state index >= 15 is 0 Å². The first kappa shape index (κ1) is 15.9. The Hall–Kier alpha value is -1.97. The van der Waals surface area contributed by atoms with Crippen molar-refractivity contribution < 1.29 is 14.4 Å². The molecule has 0 aliphatic carbocycles. The number of imide groups is 1. The highest BCUT2D eigenvalue weighted by atomic mass is 32.2. The van der Waals surface area contributed by atoms with E-state index in [4.69, 9.17) is 0 Å². The molecular weight excluding hydrogens is 354 g/mol. The van der Waals surface area contributed by atoms with E-state index in [0.717, 1.165) is 26.4 Å². The summed E-state index contributed by atoms with van der Waals surface area (Å²) in [5.41, 5.74) is 0. The molecule has 0 spiro atoms. The fourth-order valence-corrected chi connectivity index (χ4v) is 4.10. The van der Waals surface area contributed by atoms with Crippen molar-refractivity contribution in [3.05, 3.63) is 38.4 Å². The highest BCUT2D eigenvalue weighted by Gasteiger charge is 2.36. The average molecular weight is 365 g/mol. The second-order valence-corrected chi connectivity index (χ2v) is 7.81. The van der Waals surface area contributed by atoms with E-state index < -0.39 is 17.1 Å². The van der Waals surface area contributed by atoms with Crippen LogP contribution in [0.5, 0.6) is 0 Å². The third kappa shape index (κ3) is 3.69. The summed E-state index contributed by atoms with van der Waals surface area (Å²) in [4.78, 5) is 43.3. The molecule has 23 heavy (non-hydrogen) atoms. The number of carbonyl (C=O) groups is 3. The van der Waals surface area contributed by atoms with Crippen molar-refractivity contribution in [3.63, 3.8) is 0 Å². The molecule has 3 rings (SSSR count). The fourth-order valence-electron chi connectivity index (χ4n) is 1.85. The molecule has 0 unspecified atom stereocenters. The first-order valence-corrected chi connectivity index (χ1v) is 9.05. The van der Waals surface area contributed by atoms with Crippen LogP contribution in [0.1, 0.15) is 9.75 Å². The van der Waals surface area contributed by atoms with Crippen LogP contribution >= 0.6 is 34.4 Å². The molecule has 2 aromatic heterocycles. The van der Waals surface area contributed by atoms with Gasteiger partial charge in [0.1, 0.15) is 6.54 Å². The molecule has 9 heteroatoms. The number of thioether (sulfide) groups is 1. The number of nitrogens with one attached hydrogen (secondary N) is 1. The van der Waals surface area contributed by atoms with Crippen LogP contribution in [0.2, 0.25) is 0 Å². The fraction of sp³-hybridized carbons (Fsp3) is 0.143. The van der Waals surface area contributed by atoms with Crippen LogP contribution in [0.15, 0.2) is 28.6 Å². The lowest BCUT2D eigenvalue weighted by Gasteiger charge is -2.11. The Balaban J connectivity index is 1.67. The van der Waals surface area contributed by atoms with Crippen LogP contribution in [0.3, 0.4) is 0 Å². The first-order chi connectivity index (χ1) is 11.0. The highest BCUT2D eigenvalue weighted by molar-refractivity contribution is 8.18. The lowest BCUT2D eigenvalue weighted by Crippen LogP contribution is -2.36. The van der Waals surface area contributed by atoms with Crippen molar-refractivity contribution in [1.82, 2.24) is 9.88 Å². The zero-order valence-corrected chi connectivity index (χ0v) is 14.4. The molecule has 1 saturated heterocycles. The Morgan fingerprint density at radius 1 is 1.43 bits per heavy atom. The first-order valence-electron chi connectivity index (χ1n) is 6.54. The maximum atomic E-state index is 12.3. The molecule has 3 heterocycles. The van der Waals surface area contributed by atoms with Crippen LogP contribution in [-0.2, 0) is 9.59 Å². The topological polar surface area (TPSA) is 79.4 Å². The van der Waals surface area contributed by atoms with Gasteiger partial charge in [0.2, 0.25) is 5.91 Å². The molecule has 0 radical (unpaired) electrons. The minimum absolute atomic E-state index is 0.314. The molecule has 1 aliphatic heterocycles. The zero-order valence-electron chi connectivity index (χ0n) is 11.9. The van der Waals surface area contributed by atoms with E-state index in [0.29, 0.717) is 10.0 Å². The van der Waals surface area contributed by atoms with Crippen LogP contribution in [0, 0.1) is 6.92 Å². The molecule has 1 N–H and O–H groups in total. The van der Waals surface area contributed by atoms with E-state index in [2.05, 4.69) is 10.3 Å².